The van der Waals surface area contributed by atoms with Gasteiger partial charge in [0.25, 0.3) is 0 Å². The molecular formula is C14H16N2O3S. The summed E-state index contributed by atoms with van der Waals surface area (Å²) < 4.78 is 28.1. The number of rotatable bonds is 5. The quantitative estimate of drug-likeness (QED) is 0.908. The lowest BCUT2D eigenvalue weighted by Crippen LogP contribution is -2.12. The molecule has 0 bridgehead atoms. The van der Waals surface area contributed by atoms with Crippen molar-refractivity contribution in [2.75, 3.05) is 6.61 Å². The number of primary sulfonamides is 1. The van der Waals surface area contributed by atoms with Crippen LogP contribution >= 0.6 is 0 Å². The first-order valence-corrected chi connectivity index (χ1v) is 7.66. The van der Waals surface area contributed by atoms with Gasteiger partial charge in [0.2, 0.25) is 10.0 Å². The fourth-order valence-corrected chi connectivity index (χ4v) is 2.39. The Morgan fingerprint density at radius 1 is 1.20 bits per heavy atom. The number of ether oxygens (including phenoxy) is 1. The van der Waals surface area contributed by atoms with Gasteiger partial charge in [0.1, 0.15) is 5.75 Å². The zero-order valence-corrected chi connectivity index (χ0v) is 11.9. The standard InChI is InChI=1S/C14H16N2O3S/c1-11-10-13(20(15,17)18)2-3-14(11)19-9-6-12-4-7-16-8-5-12/h2-5,7-8,10H,6,9H2,1H3,(H2,15,17,18). The second-order valence-electron chi connectivity index (χ2n) is 4.43. The second-order valence-corrected chi connectivity index (χ2v) is 5.99. The summed E-state index contributed by atoms with van der Waals surface area (Å²) in [6.07, 6.45) is 4.24. The maximum Gasteiger partial charge on any atom is 0.238 e. The van der Waals surface area contributed by atoms with Gasteiger partial charge in [0.05, 0.1) is 11.5 Å². The average molecular weight is 292 g/mol. The van der Waals surface area contributed by atoms with E-state index in [1.807, 2.05) is 12.1 Å². The van der Waals surface area contributed by atoms with E-state index in [0.29, 0.717) is 12.4 Å². The predicted molar refractivity (Wildman–Crippen MR) is 76.0 cm³/mol. The van der Waals surface area contributed by atoms with Crippen LogP contribution in [0.15, 0.2) is 47.6 Å². The summed E-state index contributed by atoms with van der Waals surface area (Å²) in [4.78, 5) is 4.04. The number of aryl methyl sites for hydroxylation is 1. The van der Waals surface area contributed by atoms with Crippen LogP contribution in [0.25, 0.3) is 0 Å². The van der Waals surface area contributed by atoms with Gasteiger partial charge in [-0.25, -0.2) is 13.6 Å². The highest BCUT2D eigenvalue weighted by Gasteiger charge is 2.10. The average Bonchev–Trinajstić information content (AvgIpc) is 2.40. The molecule has 0 atom stereocenters. The van der Waals surface area contributed by atoms with Gasteiger partial charge >= 0.3 is 0 Å². The number of pyridine rings is 1. The molecule has 0 radical (unpaired) electrons. The molecule has 6 heteroatoms. The Labute approximate surface area is 118 Å². The molecule has 0 spiro atoms. The van der Waals surface area contributed by atoms with Crippen molar-refractivity contribution >= 4 is 10.0 Å². The van der Waals surface area contributed by atoms with Crippen LogP contribution in [-0.2, 0) is 16.4 Å². The first kappa shape index (κ1) is 14.5. The van der Waals surface area contributed by atoms with E-state index in [1.54, 1.807) is 25.4 Å². The van der Waals surface area contributed by atoms with E-state index < -0.39 is 10.0 Å². The first-order valence-electron chi connectivity index (χ1n) is 6.12. The van der Waals surface area contributed by atoms with E-state index >= 15 is 0 Å². The van der Waals surface area contributed by atoms with Crippen LogP contribution in [0.1, 0.15) is 11.1 Å². The molecule has 106 valence electrons. The molecule has 5 nitrogen and oxygen atoms in total. The van der Waals surface area contributed by atoms with Gasteiger partial charge in [0, 0.05) is 18.8 Å². The van der Waals surface area contributed by atoms with Crippen LogP contribution in [0, 0.1) is 6.92 Å². The number of aromatic nitrogens is 1. The van der Waals surface area contributed by atoms with Crippen LogP contribution in [0.3, 0.4) is 0 Å². The van der Waals surface area contributed by atoms with Crippen molar-refractivity contribution in [2.45, 2.75) is 18.2 Å². The van der Waals surface area contributed by atoms with E-state index in [9.17, 15) is 8.42 Å². The third-order valence-electron chi connectivity index (χ3n) is 2.87. The summed E-state index contributed by atoms with van der Waals surface area (Å²) in [7, 11) is -3.67. The number of sulfonamides is 1. The zero-order valence-electron chi connectivity index (χ0n) is 11.1. The predicted octanol–water partition coefficient (Wildman–Crippen LogP) is 1.66. The third kappa shape index (κ3) is 3.79. The van der Waals surface area contributed by atoms with Crippen molar-refractivity contribution < 1.29 is 13.2 Å². The van der Waals surface area contributed by atoms with Crippen molar-refractivity contribution in [3.05, 3.63) is 53.9 Å². The second kappa shape index (κ2) is 6.02. The molecule has 0 amide bonds. The maximum atomic E-state index is 11.2. The van der Waals surface area contributed by atoms with Crippen molar-refractivity contribution in [2.24, 2.45) is 5.14 Å². The molecule has 0 aliphatic heterocycles. The number of nitrogens with two attached hydrogens (primary N) is 1. The first-order chi connectivity index (χ1) is 9.47. The smallest absolute Gasteiger partial charge is 0.238 e. The van der Waals surface area contributed by atoms with Crippen LogP contribution < -0.4 is 9.88 Å². The highest BCUT2D eigenvalue weighted by atomic mass is 32.2. The molecule has 1 aromatic heterocycles. The maximum absolute atomic E-state index is 11.2. The van der Waals surface area contributed by atoms with E-state index in [-0.39, 0.29) is 4.90 Å². The Morgan fingerprint density at radius 2 is 1.90 bits per heavy atom. The normalized spacial score (nSPS) is 11.3. The Hall–Kier alpha value is -1.92. The molecule has 0 unspecified atom stereocenters. The number of hydrogen-bond donors (Lipinski definition) is 1. The summed E-state index contributed by atoms with van der Waals surface area (Å²) in [5, 5.41) is 5.08. The summed E-state index contributed by atoms with van der Waals surface area (Å²) in [5.74, 6) is 0.659. The molecule has 2 rings (SSSR count). The van der Waals surface area contributed by atoms with Crippen molar-refractivity contribution in [1.82, 2.24) is 4.98 Å². The van der Waals surface area contributed by atoms with Crippen LogP contribution in [-0.4, -0.2) is 20.0 Å². The van der Waals surface area contributed by atoms with Gasteiger partial charge in [-0.1, -0.05) is 0 Å². The zero-order chi connectivity index (χ0) is 14.6. The highest BCUT2D eigenvalue weighted by molar-refractivity contribution is 7.89. The van der Waals surface area contributed by atoms with Gasteiger partial charge in [-0.3, -0.25) is 4.98 Å². The van der Waals surface area contributed by atoms with Crippen LogP contribution in [0.4, 0.5) is 0 Å². The molecular weight excluding hydrogens is 276 g/mol. The summed E-state index contributed by atoms with van der Waals surface area (Å²) >= 11 is 0. The highest BCUT2D eigenvalue weighted by Crippen LogP contribution is 2.21. The largest absolute Gasteiger partial charge is 0.493 e. The lowest BCUT2D eigenvalue weighted by atomic mass is 10.2. The monoisotopic (exact) mass is 292 g/mol. The minimum atomic E-state index is -3.67. The van der Waals surface area contributed by atoms with Gasteiger partial charge in [-0.15, -0.1) is 0 Å². The molecule has 0 aliphatic carbocycles. The molecule has 20 heavy (non-hydrogen) atoms. The van der Waals surface area contributed by atoms with E-state index in [0.717, 1.165) is 17.5 Å². The van der Waals surface area contributed by atoms with E-state index in [4.69, 9.17) is 9.88 Å². The van der Waals surface area contributed by atoms with Gasteiger partial charge in [-0.2, -0.15) is 0 Å². The van der Waals surface area contributed by atoms with Crippen molar-refractivity contribution in [1.29, 1.82) is 0 Å². The lowest BCUT2D eigenvalue weighted by molar-refractivity contribution is 0.319. The Balaban J connectivity index is 2.00. The summed E-state index contributed by atoms with van der Waals surface area (Å²) in [6.45, 7) is 2.30. The summed E-state index contributed by atoms with van der Waals surface area (Å²) in [5.41, 5.74) is 1.88. The molecule has 0 saturated carbocycles. The number of hydrogen-bond acceptors (Lipinski definition) is 4. The minimum absolute atomic E-state index is 0.0940. The Morgan fingerprint density at radius 3 is 2.50 bits per heavy atom. The van der Waals surface area contributed by atoms with Crippen molar-refractivity contribution in [3.63, 3.8) is 0 Å². The molecule has 0 fully saturated rings. The van der Waals surface area contributed by atoms with Gasteiger partial charge < -0.3 is 4.74 Å². The van der Waals surface area contributed by atoms with E-state index in [1.165, 1.54) is 12.1 Å². The molecule has 1 heterocycles. The van der Waals surface area contributed by atoms with Crippen molar-refractivity contribution in [3.8, 4) is 5.75 Å². The van der Waals surface area contributed by atoms with Crippen LogP contribution in [0.2, 0.25) is 0 Å². The summed E-state index contributed by atoms with van der Waals surface area (Å²) in [6, 6.07) is 8.45. The Bertz CT molecular complexity index is 685. The number of nitrogens with zero attached hydrogens (tertiary/aromatic N) is 1. The lowest BCUT2D eigenvalue weighted by Gasteiger charge is -2.10. The molecule has 1 aromatic carbocycles. The fraction of sp³-hybridized carbons (Fsp3) is 0.214. The van der Waals surface area contributed by atoms with Gasteiger partial charge in [-0.05, 0) is 48.4 Å². The molecule has 2 N–H and O–H groups in total. The molecule has 2 aromatic rings. The molecule has 0 saturated heterocycles. The third-order valence-corrected chi connectivity index (χ3v) is 3.78. The van der Waals surface area contributed by atoms with Gasteiger partial charge in [0.15, 0.2) is 0 Å². The molecule has 0 aliphatic rings. The topological polar surface area (TPSA) is 82.3 Å². The van der Waals surface area contributed by atoms with E-state index in [2.05, 4.69) is 4.98 Å². The fourth-order valence-electron chi connectivity index (χ4n) is 1.79. The van der Waals surface area contributed by atoms with Crippen LogP contribution in [0.5, 0.6) is 5.75 Å². The SMILES string of the molecule is Cc1cc(S(N)(=O)=O)ccc1OCCc1ccncc1. The minimum Gasteiger partial charge on any atom is -0.493 e. The number of benzene rings is 1. The Kier molecular flexibility index (Phi) is 4.36.